The number of hydrogen-bond donors (Lipinski definition) is 1. The Hall–Kier alpha value is -0.820. The first kappa shape index (κ1) is 12.2. The van der Waals surface area contributed by atoms with Gasteiger partial charge in [0.15, 0.2) is 0 Å². The van der Waals surface area contributed by atoms with Crippen molar-refractivity contribution in [3.63, 3.8) is 0 Å². The van der Waals surface area contributed by atoms with Crippen molar-refractivity contribution in [2.45, 2.75) is 63.4 Å². The highest BCUT2D eigenvalue weighted by atomic mass is 16.3. The van der Waals surface area contributed by atoms with E-state index in [9.17, 15) is 5.11 Å². The second-order valence-electron chi connectivity index (χ2n) is 6.20. The minimum absolute atomic E-state index is 0.508. The first-order chi connectivity index (χ1) is 8.74. The van der Waals surface area contributed by atoms with Crippen LogP contribution < -0.4 is 0 Å². The summed E-state index contributed by atoms with van der Waals surface area (Å²) in [5, 5.41) is 11.0. The van der Waals surface area contributed by atoms with Crippen molar-refractivity contribution in [3.05, 3.63) is 35.4 Å². The molecule has 3 rings (SSSR count). The van der Waals surface area contributed by atoms with E-state index < -0.39 is 5.60 Å². The predicted octanol–water partition coefficient (Wildman–Crippen LogP) is 4.35. The van der Waals surface area contributed by atoms with E-state index in [-0.39, 0.29) is 0 Å². The van der Waals surface area contributed by atoms with Gasteiger partial charge in [-0.3, -0.25) is 0 Å². The number of benzene rings is 1. The molecule has 0 spiro atoms. The molecule has 0 radical (unpaired) electrons. The lowest BCUT2D eigenvalue weighted by molar-refractivity contribution is 0.00327. The molecule has 2 aliphatic carbocycles. The van der Waals surface area contributed by atoms with Gasteiger partial charge in [0.2, 0.25) is 0 Å². The van der Waals surface area contributed by atoms with E-state index in [4.69, 9.17) is 0 Å². The Morgan fingerprint density at radius 3 is 2.56 bits per heavy atom. The van der Waals surface area contributed by atoms with Gasteiger partial charge in [0, 0.05) is 0 Å². The molecule has 0 aromatic heterocycles. The topological polar surface area (TPSA) is 20.2 Å². The fraction of sp³-hybridized carbons (Fsp3) is 0.647. The minimum Gasteiger partial charge on any atom is -0.385 e. The molecule has 1 aromatic carbocycles. The van der Waals surface area contributed by atoms with Crippen LogP contribution in [0.2, 0.25) is 0 Å². The lowest BCUT2D eigenvalue weighted by atomic mass is 9.77. The molecular weight excluding hydrogens is 220 g/mol. The third kappa shape index (κ3) is 2.09. The summed E-state index contributed by atoms with van der Waals surface area (Å²) in [7, 11) is 0. The lowest BCUT2D eigenvalue weighted by Crippen LogP contribution is -2.28. The average molecular weight is 244 g/mol. The molecular formula is C17H24O. The summed E-state index contributed by atoms with van der Waals surface area (Å²) in [6, 6.07) is 8.81. The van der Waals surface area contributed by atoms with Crippen LogP contribution in [0.1, 0.15) is 68.9 Å². The third-order valence-electron chi connectivity index (χ3n) is 4.85. The van der Waals surface area contributed by atoms with Crippen LogP contribution in [0.3, 0.4) is 0 Å². The van der Waals surface area contributed by atoms with Crippen molar-refractivity contribution in [1.82, 2.24) is 0 Å². The van der Waals surface area contributed by atoms with E-state index in [1.165, 1.54) is 43.2 Å². The first-order valence-electron chi connectivity index (χ1n) is 7.57. The smallest absolute Gasteiger partial charge is 0.0924 e. The molecule has 1 heteroatoms. The van der Waals surface area contributed by atoms with Crippen LogP contribution in [-0.4, -0.2) is 5.11 Å². The zero-order valence-electron chi connectivity index (χ0n) is 11.4. The van der Waals surface area contributed by atoms with Crippen LogP contribution in [0.4, 0.5) is 0 Å². The van der Waals surface area contributed by atoms with Crippen LogP contribution in [0, 0.1) is 5.92 Å². The lowest BCUT2D eigenvalue weighted by Gasteiger charge is -2.31. The van der Waals surface area contributed by atoms with Gasteiger partial charge >= 0.3 is 0 Å². The summed E-state index contributed by atoms with van der Waals surface area (Å²) in [4.78, 5) is 0. The summed E-state index contributed by atoms with van der Waals surface area (Å²) in [6.07, 6.45) is 8.40. The zero-order chi connectivity index (χ0) is 12.6. The van der Waals surface area contributed by atoms with Gasteiger partial charge in [0.25, 0.3) is 0 Å². The molecule has 1 N–H and O–H groups in total. The highest BCUT2D eigenvalue weighted by Gasteiger charge is 2.44. The summed E-state index contributed by atoms with van der Waals surface area (Å²) >= 11 is 0. The number of aliphatic hydroxyl groups is 1. The van der Waals surface area contributed by atoms with Gasteiger partial charge in [-0.05, 0) is 55.1 Å². The Balaban J connectivity index is 1.88. The van der Waals surface area contributed by atoms with Crippen molar-refractivity contribution in [2.75, 3.05) is 0 Å². The highest BCUT2D eigenvalue weighted by Crippen LogP contribution is 2.49. The second-order valence-corrected chi connectivity index (χ2v) is 6.20. The van der Waals surface area contributed by atoms with Gasteiger partial charge in [-0.25, -0.2) is 0 Å². The number of rotatable bonds is 5. The van der Waals surface area contributed by atoms with Crippen molar-refractivity contribution in [2.24, 2.45) is 5.92 Å². The van der Waals surface area contributed by atoms with E-state index in [0.717, 1.165) is 18.8 Å². The third-order valence-corrected chi connectivity index (χ3v) is 4.85. The van der Waals surface area contributed by atoms with Crippen molar-refractivity contribution < 1.29 is 5.11 Å². The van der Waals surface area contributed by atoms with Crippen molar-refractivity contribution in [3.8, 4) is 0 Å². The van der Waals surface area contributed by atoms with E-state index in [1.54, 1.807) is 0 Å². The van der Waals surface area contributed by atoms with Crippen LogP contribution in [-0.2, 0) is 5.60 Å². The van der Waals surface area contributed by atoms with Crippen LogP contribution >= 0.6 is 0 Å². The fourth-order valence-corrected chi connectivity index (χ4v) is 3.33. The van der Waals surface area contributed by atoms with Gasteiger partial charge in [0.05, 0.1) is 5.60 Å². The zero-order valence-corrected chi connectivity index (χ0v) is 11.4. The Morgan fingerprint density at radius 2 is 2.00 bits per heavy atom. The Morgan fingerprint density at radius 1 is 1.22 bits per heavy atom. The summed E-state index contributed by atoms with van der Waals surface area (Å²) in [6.45, 7) is 2.17. The van der Waals surface area contributed by atoms with Crippen molar-refractivity contribution >= 4 is 0 Å². The minimum atomic E-state index is -0.547. The van der Waals surface area contributed by atoms with Gasteiger partial charge in [-0.2, -0.15) is 0 Å². The van der Waals surface area contributed by atoms with Gasteiger partial charge in [-0.1, -0.05) is 44.0 Å². The second kappa shape index (κ2) is 4.70. The van der Waals surface area contributed by atoms with Crippen LogP contribution in [0.25, 0.3) is 0 Å². The standard InChI is InChI=1S/C17H24O/c1-2-11-17(18,15-9-10-15)16-8-4-7-14(12-16)13-5-3-6-13/h4,7-8,12-13,15,18H,2-3,5-6,9-11H2,1H3. The molecule has 0 saturated heterocycles. The van der Waals surface area contributed by atoms with Gasteiger partial charge in [0.1, 0.15) is 0 Å². The molecule has 18 heavy (non-hydrogen) atoms. The monoisotopic (exact) mass is 244 g/mol. The predicted molar refractivity (Wildman–Crippen MR) is 74.6 cm³/mol. The molecule has 2 fully saturated rings. The molecule has 1 atom stereocenters. The summed E-state index contributed by atoms with van der Waals surface area (Å²) in [5.74, 6) is 1.27. The summed E-state index contributed by atoms with van der Waals surface area (Å²) in [5.41, 5.74) is 2.08. The quantitative estimate of drug-likeness (QED) is 0.816. The normalized spacial score (nSPS) is 23.4. The van der Waals surface area contributed by atoms with E-state index >= 15 is 0 Å². The highest BCUT2D eigenvalue weighted by molar-refractivity contribution is 5.32. The molecule has 2 aliphatic rings. The molecule has 0 amide bonds. The maximum absolute atomic E-state index is 11.0. The van der Waals surface area contributed by atoms with Gasteiger partial charge < -0.3 is 5.11 Å². The molecule has 98 valence electrons. The molecule has 0 bridgehead atoms. The molecule has 0 heterocycles. The van der Waals surface area contributed by atoms with E-state index in [2.05, 4.69) is 31.2 Å². The SMILES string of the molecule is CCCC(O)(c1cccc(C2CCC2)c1)C1CC1. The maximum atomic E-state index is 11.0. The van der Waals surface area contributed by atoms with Crippen molar-refractivity contribution in [1.29, 1.82) is 0 Å². The number of hydrogen-bond acceptors (Lipinski definition) is 1. The van der Waals surface area contributed by atoms with Crippen LogP contribution in [0.15, 0.2) is 24.3 Å². The molecule has 1 aromatic rings. The maximum Gasteiger partial charge on any atom is 0.0924 e. The molecule has 0 aliphatic heterocycles. The van der Waals surface area contributed by atoms with E-state index in [0.29, 0.717) is 5.92 Å². The largest absolute Gasteiger partial charge is 0.385 e. The molecule has 1 unspecified atom stereocenters. The van der Waals surface area contributed by atoms with Crippen LogP contribution in [0.5, 0.6) is 0 Å². The Kier molecular flexibility index (Phi) is 3.19. The average Bonchev–Trinajstić information content (AvgIpc) is 3.11. The van der Waals surface area contributed by atoms with E-state index in [1.807, 2.05) is 0 Å². The summed E-state index contributed by atoms with van der Waals surface area (Å²) < 4.78 is 0. The Labute approximate surface area is 110 Å². The van der Waals surface area contributed by atoms with Gasteiger partial charge in [-0.15, -0.1) is 0 Å². The molecule has 1 nitrogen and oxygen atoms in total. The first-order valence-corrected chi connectivity index (χ1v) is 7.57. The molecule has 2 saturated carbocycles. The Bertz CT molecular complexity index is 417. The fourth-order valence-electron chi connectivity index (χ4n) is 3.33.